The van der Waals surface area contributed by atoms with E-state index in [1.165, 1.54) is 12.3 Å². The third-order valence-corrected chi connectivity index (χ3v) is 3.27. The van der Waals surface area contributed by atoms with Crippen LogP contribution in [0.2, 0.25) is 0 Å². The molecule has 0 spiro atoms. The van der Waals surface area contributed by atoms with Gasteiger partial charge in [0.05, 0.1) is 5.56 Å². The van der Waals surface area contributed by atoms with Gasteiger partial charge in [0.2, 0.25) is 0 Å². The second-order valence-electron chi connectivity index (χ2n) is 4.22. The first-order valence-electron chi connectivity index (χ1n) is 6.00. The molecule has 0 saturated carbocycles. The number of nitriles is 1. The molecule has 0 amide bonds. The summed E-state index contributed by atoms with van der Waals surface area (Å²) in [6, 6.07) is 2.03. The van der Waals surface area contributed by atoms with Gasteiger partial charge in [-0.1, -0.05) is 11.8 Å². The summed E-state index contributed by atoms with van der Waals surface area (Å²) in [6.07, 6.45) is -3.62. The number of benzene rings is 1. The molecule has 2 aromatic rings. The van der Waals surface area contributed by atoms with Crippen LogP contribution in [0, 0.1) is 23.0 Å². The highest BCUT2D eigenvalue weighted by atomic mass is 32.2. The van der Waals surface area contributed by atoms with Crippen LogP contribution in [0.15, 0.2) is 22.1 Å². The first-order valence-corrected chi connectivity index (χ1v) is 7.22. The Bertz CT molecular complexity index is 866. The van der Waals surface area contributed by atoms with Gasteiger partial charge in [-0.3, -0.25) is 4.79 Å². The van der Waals surface area contributed by atoms with Gasteiger partial charge in [-0.2, -0.15) is 5.26 Å². The minimum Gasteiger partial charge on any atom is -0.406 e. The molecule has 1 N–H and O–H groups in total. The molecule has 126 valence electrons. The van der Waals surface area contributed by atoms with Crippen molar-refractivity contribution < 1.29 is 26.7 Å². The van der Waals surface area contributed by atoms with Crippen LogP contribution in [0.4, 0.5) is 22.0 Å². The molecule has 0 aliphatic rings. The number of thioether (sulfide) groups is 1. The van der Waals surface area contributed by atoms with Crippen molar-refractivity contribution in [3.63, 3.8) is 0 Å². The van der Waals surface area contributed by atoms with E-state index in [0.717, 1.165) is 11.8 Å². The Balaban J connectivity index is 2.68. The highest BCUT2D eigenvalue weighted by Gasteiger charge is 2.32. The molecule has 5 nitrogen and oxygen atoms in total. The van der Waals surface area contributed by atoms with Crippen LogP contribution in [-0.2, 0) is 0 Å². The van der Waals surface area contributed by atoms with Crippen LogP contribution in [-0.4, -0.2) is 22.6 Å². The molecule has 11 heteroatoms. The van der Waals surface area contributed by atoms with Crippen LogP contribution in [0.25, 0.3) is 11.3 Å². The molecule has 1 aromatic heterocycles. The van der Waals surface area contributed by atoms with Crippen molar-refractivity contribution in [2.75, 3.05) is 6.26 Å². The molecule has 2 rings (SSSR count). The number of hydrogen-bond donors (Lipinski definition) is 1. The lowest BCUT2D eigenvalue weighted by Gasteiger charge is -2.12. The standard InChI is InChI=1S/C13H6F5N3O2S/c1-24-12-20-10(6(4-19)11(22)21-12)9-7(14)2-5(3-8(9)15)23-13(16,17)18/h2-3H,1H3,(H,20,21,22). The summed E-state index contributed by atoms with van der Waals surface area (Å²) in [7, 11) is 0. The Kier molecular flexibility index (Phi) is 4.79. The minimum atomic E-state index is -5.13. The van der Waals surface area contributed by atoms with E-state index < -0.39 is 46.1 Å². The molecule has 24 heavy (non-hydrogen) atoms. The van der Waals surface area contributed by atoms with Gasteiger partial charge in [0.15, 0.2) is 5.16 Å². The van der Waals surface area contributed by atoms with E-state index in [2.05, 4.69) is 14.7 Å². The quantitative estimate of drug-likeness (QED) is 0.515. The van der Waals surface area contributed by atoms with Crippen molar-refractivity contribution in [2.45, 2.75) is 11.5 Å². The Hall–Kier alpha value is -2.61. The molecular weight excluding hydrogens is 357 g/mol. The summed E-state index contributed by atoms with van der Waals surface area (Å²) >= 11 is 0.939. The predicted octanol–water partition coefficient (Wildman–Crippen LogP) is 3.21. The lowest BCUT2D eigenvalue weighted by atomic mass is 10.1. The Morgan fingerprint density at radius 2 is 1.88 bits per heavy atom. The van der Waals surface area contributed by atoms with E-state index in [-0.39, 0.29) is 17.3 Å². The number of rotatable bonds is 3. The fraction of sp³-hybridized carbons (Fsp3) is 0.154. The van der Waals surface area contributed by atoms with Gasteiger partial charge in [0, 0.05) is 12.1 Å². The number of aromatic nitrogens is 2. The van der Waals surface area contributed by atoms with Crippen molar-refractivity contribution in [1.29, 1.82) is 5.26 Å². The molecule has 0 fully saturated rings. The number of hydrogen-bond acceptors (Lipinski definition) is 5. The summed E-state index contributed by atoms with van der Waals surface area (Å²) in [5, 5.41) is 8.95. The summed E-state index contributed by atoms with van der Waals surface area (Å²) < 4.78 is 68.0. The molecule has 0 aliphatic carbocycles. The molecule has 0 bridgehead atoms. The zero-order chi connectivity index (χ0) is 18.1. The SMILES string of the molecule is CSc1nc(-c2c(F)cc(OC(F)(F)F)cc2F)c(C#N)c(=O)[nH]1. The monoisotopic (exact) mass is 363 g/mol. The third kappa shape index (κ3) is 3.65. The van der Waals surface area contributed by atoms with E-state index >= 15 is 0 Å². The van der Waals surface area contributed by atoms with Gasteiger partial charge >= 0.3 is 6.36 Å². The second-order valence-corrected chi connectivity index (χ2v) is 5.02. The second kappa shape index (κ2) is 6.48. The lowest BCUT2D eigenvalue weighted by molar-refractivity contribution is -0.274. The number of nitrogens with zero attached hydrogens (tertiary/aromatic N) is 2. The lowest BCUT2D eigenvalue weighted by Crippen LogP contribution is -2.18. The summed E-state index contributed by atoms with van der Waals surface area (Å²) in [6.45, 7) is 0. The zero-order valence-electron chi connectivity index (χ0n) is 11.7. The molecule has 0 aliphatic heterocycles. The van der Waals surface area contributed by atoms with Crippen LogP contribution < -0.4 is 10.3 Å². The number of aromatic amines is 1. The molecule has 0 saturated heterocycles. The van der Waals surface area contributed by atoms with Crippen molar-refractivity contribution in [3.05, 3.63) is 39.7 Å². The minimum absolute atomic E-state index is 0.0246. The summed E-state index contributed by atoms with van der Waals surface area (Å²) in [5.74, 6) is -4.04. The first-order chi connectivity index (χ1) is 11.2. The Labute approximate surface area is 135 Å². The number of ether oxygens (including phenoxy) is 1. The number of alkyl halides is 3. The maximum atomic E-state index is 14.1. The third-order valence-electron chi connectivity index (χ3n) is 2.69. The largest absolute Gasteiger partial charge is 0.573 e. The Morgan fingerprint density at radius 1 is 1.29 bits per heavy atom. The maximum Gasteiger partial charge on any atom is 0.573 e. The topological polar surface area (TPSA) is 78.8 Å². The van der Waals surface area contributed by atoms with Crippen molar-refractivity contribution in [1.82, 2.24) is 9.97 Å². The summed E-state index contributed by atoms with van der Waals surface area (Å²) in [4.78, 5) is 17.7. The van der Waals surface area contributed by atoms with Crippen LogP contribution >= 0.6 is 11.8 Å². The molecule has 0 atom stereocenters. The van der Waals surface area contributed by atoms with E-state index in [0.29, 0.717) is 0 Å². The molecule has 0 radical (unpaired) electrons. The van der Waals surface area contributed by atoms with Gasteiger partial charge in [-0.05, 0) is 6.26 Å². The van der Waals surface area contributed by atoms with Crippen LogP contribution in [0.3, 0.4) is 0 Å². The molecular formula is C13H6F5N3O2S. The number of H-pyrrole nitrogens is 1. The van der Waals surface area contributed by atoms with Gasteiger partial charge < -0.3 is 9.72 Å². The van der Waals surface area contributed by atoms with E-state index in [9.17, 15) is 26.7 Å². The predicted molar refractivity (Wildman–Crippen MR) is 73.4 cm³/mol. The number of nitrogens with one attached hydrogen (secondary N) is 1. The average molecular weight is 363 g/mol. The van der Waals surface area contributed by atoms with E-state index in [4.69, 9.17) is 5.26 Å². The van der Waals surface area contributed by atoms with E-state index in [1.807, 2.05) is 0 Å². The molecule has 0 unspecified atom stereocenters. The van der Waals surface area contributed by atoms with Crippen molar-refractivity contribution in [2.24, 2.45) is 0 Å². The Morgan fingerprint density at radius 3 is 2.33 bits per heavy atom. The molecule has 1 heterocycles. The molecule has 1 aromatic carbocycles. The first kappa shape index (κ1) is 17.7. The van der Waals surface area contributed by atoms with Gasteiger partial charge in [-0.15, -0.1) is 13.2 Å². The normalized spacial score (nSPS) is 11.2. The van der Waals surface area contributed by atoms with Gasteiger partial charge in [0.1, 0.15) is 34.7 Å². The number of halogens is 5. The van der Waals surface area contributed by atoms with Crippen molar-refractivity contribution in [3.8, 4) is 23.1 Å². The maximum absolute atomic E-state index is 14.1. The van der Waals surface area contributed by atoms with Gasteiger partial charge in [0.25, 0.3) is 5.56 Å². The van der Waals surface area contributed by atoms with Crippen LogP contribution in [0.5, 0.6) is 5.75 Å². The fourth-order valence-electron chi connectivity index (χ4n) is 1.80. The average Bonchev–Trinajstić information content (AvgIpc) is 2.44. The zero-order valence-corrected chi connectivity index (χ0v) is 12.5. The van der Waals surface area contributed by atoms with E-state index in [1.54, 1.807) is 0 Å². The summed E-state index contributed by atoms with van der Waals surface area (Å²) in [5.41, 5.74) is -3.11. The smallest absolute Gasteiger partial charge is 0.406 e. The fourth-order valence-corrected chi connectivity index (χ4v) is 2.18. The van der Waals surface area contributed by atoms with Crippen LogP contribution in [0.1, 0.15) is 5.56 Å². The highest BCUT2D eigenvalue weighted by Crippen LogP contribution is 2.32. The highest BCUT2D eigenvalue weighted by molar-refractivity contribution is 7.98. The van der Waals surface area contributed by atoms with Gasteiger partial charge in [-0.25, -0.2) is 13.8 Å². The van der Waals surface area contributed by atoms with Crippen molar-refractivity contribution >= 4 is 11.8 Å².